The zero-order chi connectivity index (χ0) is 8.23. The Morgan fingerprint density at radius 2 is 1.15 bits per heavy atom. The minimum Gasteiger partial charge on any atom is -0.255 e. The van der Waals surface area contributed by atoms with E-state index in [2.05, 4.69) is 9.97 Å². The van der Waals surface area contributed by atoms with Crippen molar-refractivity contribution < 1.29 is 22.4 Å². The van der Waals surface area contributed by atoms with Crippen LogP contribution >= 0.6 is 0 Å². The number of pyridine rings is 2. The maximum Gasteiger partial charge on any atom is 5.00 e. The van der Waals surface area contributed by atoms with Gasteiger partial charge in [-0.2, -0.15) is 0 Å². The quantitative estimate of drug-likeness (QED) is 0.723. The Bertz CT molecular complexity index is 310. The molecule has 2 nitrogen and oxygen atoms in total. The molecule has 0 aliphatic carbocycles. The number of rotatable bonds is 1. The predicted octanol–water partition coefficient (Wildman–Crippen LogP) is 2.14. The van der Waals surface area contributed by atoms with E-state index in [4.69, 9.17) is 0 Å². The zero-order valence-electron chi connectivity index (χ0n) is 6.96. The molecule has 0 aromatic carbocycles. The summed E-state index contributed by atoms with van der Waals surface area (Å²) in [6.07, 6.45) is 3.54. The van der Waals surface area contributed by atoms with Crippen molar-refractivity contribution in [2.24, 2.45) is 0 Å². The maximum absolute atomic E-state index is 4.19. The summed E-state index contributed by atoms with van der Waals surface area (Å²) < 4.78 is 0. The van der Waals surface area contributed by atoms with Crippen molar-refractivity contribution in [3.8, 4) is 11.4 Å². The molecule has 2 aromatic heterocycles. The Balaban J connectivity index is 0.000000845. The van der Waals surface area contributed by atoms with E-state index in [1.165, 1.54) is 0 Å². The molecule has 0 atom stereocenters. The van der Waals surface area contributed by atoms with E-state index in [1.54, 1.807) is 12.4 Å². The van der Waals surface area contributed by atoms with Gasteiger partial charge >= 0.3 is 22.4 Å². The molecule has 0 fully saturated rings. The molecule has 58 valence electrons. The van der Waals surface area contributed by atoms with Crippen molar-refractivity contribution in [1.29, 1.82) is 0 Å². The van der Waals surface area contributed by atoms with E-state index in [0.717, 1.165) is 11.4 Å². The van der Waals surface area contributed by atoms with Crippen molar-refractivity contribution in [2.75, 3.05) is 0 Å². The third-order valence-corrected chi connectivity index (χ3v) is 1.59. The minimum atomic E-state index is 0. The molecule has 0 spiro atoms. The Kier molecular flexibility index (Phi) is 3.83. The molecule has 0 aliphatic heterocycles. The van der Waals surface area contributed by atoms with Gasteiger partial charge in [0, 0.05) is 12.4 Å². The molecule has 2 aromatic rings. The van der Waals surface area contributed by atoms with Gasteiger partial charge in [0.2, 0.25) is 0 Å². The van der Waals surface area contributed by atoms with Gasteiger partial charge in [0.15, 0.2) is 0 Å². The van der Waals surface area contributed by atoms with Crippen LogP contribution in [0.15, 0.2) is 48.8 Å². The monoisotopic (exact) mass is 249 g/mol. The molecule has 0 radical (unpaired) electrons. The molecule has 0 N–H and O–H groups in total. The fraction of sp³-hybridized carbons (Fsp3) is 0. The average molecular weight is 249 g/mol. The second-order valence-corrected chi connectivity index (χ2v) is 2.43. The molecule has 2 heterocycles. The van der Waals surface area contributed by atoms with Crippen LogP contribution in [0.5, 0.6) is 0 Å². The normalized spacial score (nSPS) is 8.92. The van der Waals surface area contributed by atoms with Gasteiger partial charge in [0.05, 0.1) is 11.4 Å². The summed E-state index contributed by atoms with van der Waals surface area (Å²) in [7, 11) is 0. The summed E-state index contributed by atoms with van der Waals surface area (Å²) in [5.74, 6) is 0. The van der Waals surface area contributed by atoms with Gasteiger partial charge in [0.25, 0.3) is 0 Å². The standard InChI is InChI=1S/C10H8N2.Nb/c1-3-7-11-9(5-1)10-6-2-4-8-12-10;/h1-8H;/q;+5. The van der Waals surface area contributed by atoms with Gasteiger partial charge in [-0.05, 0) is 24.3 Å². The van der Waals surface area contributed by atoms with E-state index in [0.29, 0.717) is 0 Å². The van der Waals surface area contributed by atoms with Crippen LogP contribution in [0.2, 0.25) is 0 Å². The predicted molar refractivity (Wildman–Crippen MR) is 47.5 cm³/mol. The fourth-order valence-corrected chi connectivity index (χ4v) is 1.03. The summed E-state index contributed by atoms with van der Waals surface area (Å²) >= 11 is 0. The number of nitrogens with zero attached hydrogens (tertiary/aromatic N) is 2. The van der Waals surface area contributed by atoms with E-state index < -0.39 is 0 Å². The molecule has 0 saturated carbocycles. The third-order valence-electron chi connectivity index (χ3n) is 1.59. The largest absolute Gasteiger partial charge is 5.00 e. The Morgan fingerprint density at radius 1 is 0.692 bits per heavy atom. The van der Waals surface area contributed by atoms with Crippen LogP contribution in [0.4, 0.5) is 0 Å². The zero-order valence-corrected chi connectivity index (χ0v) is 9.16. The topological polar surface area (TPSA) is 25.8 Å². The summed E-state index contributed by atoms with van der Waals surface area (Å²) in [5.41, 5.74) is 1.83. The van der Waals surface area contributed by atoms with Crippen LogP contribution in [0.25, 0.3) is 11.4 Å². The van der Waals surface area contributed by atoms with Crippen molar-refractivity contribution in [1.82, 2.24) is 9.97 Å². The van der Waals surface area contributed by atoms with Gasteiger partial charge in [-0.3, -0.25) is 9.97 Å². The summed E-state index contributed by atoms with van der Waals surface area (Å²) in [4.78, 5) is 8.37. The maximum atomic E-state index is 4.19. The molecule has 2 rings (SSSR count). The Labute approximate surface area is 92.6 Å². The van der Waals surface area contributed by atoms with Gasteiger partial charge in [-0.1, -0.05) is 12.1 Å². The smallest absolute Gasteiger partial charge is 0.255 e. The van der Waals surface area contributed by atoms with Crippen LogP contribution in [-0.2, 0) is 22.4 Å². The van der Waals surface area contributed by atoms with Crippen molar-refractivity contribution in [2.45, 2.75) is 0 Å². The van der Waals surface area contributed by atoms with Crippen LogP contribution < -0.4 is 0 Å². The van der Waals surface area contributed by atoms with E-state index in [9.17, 15) is 0 Å². The molecule has 13 heavy (non-hydrogen) atoms. The first kappa shape index (κ1) is 10.1. The van der Waals surface area contributed by atoms with Crippen molar-refractivity contribution in [3.05, 3.63) is 48.8 Å². The van der Waals surface area contributed by atoms with E-state index in [-0.39, 0.29) is 22.4 Å². The van der Waals surface area contributed by atoms with E-state index in [1.807, 2.05) is 36.4 Å². The second-order valence-electron chi connectivity index (χ2n) is 2.43. The molecular formula is C10H8N2Nb+5. The van der Waals surface area contributed by atoms with Crippen LogP contribution in [0.3, 0.4) is 0 Å². The summed E-state index contributed by atoms with van der Waals surface area (Å²) in [6.45, 7) is 0. The molecule has 0 aliphatic rings. The van der Waals surface area contributed by atoms with Gasteiger partial charge in [-0.25, -0.2) is 0 Å². The summed E-state index contributed by atoms with van der Waals surface area (Å²) in [6, 6.07) is 11.6. The van der Waals surface area contributed by atoms with Crippen LogP contribution in [-0.4, -0.2) is 9.97 Å². The van der Waals surface area contributed by atoms with Crippen molar-refractivity contribution >= 4 is 0 Å². The average Bonchev–Trinajstić information content (AvgIpc) is 2.21. The first-order valence-corrected chi connectivity index (χ1v) is 3.79. The molecule has 3 heteroatoms. The number of hydrogen-bond donors (Lipinski definition) is 0. The van der Waals surface area contributed by atoms with Crippen LogP contribution in [0, 0.1) is 0 Å². The molecule has 0 bridgehead atoms. The van der Waals surface area contributed by atoms with Crippen molar-refractivity contribution in [3.63, 3.8) is 0 Å². The first-order chi connectivity index (χ1) is 5.97. The van der Waals surface area contributed by atoms with Gasteiger partial charge in [-0.15, -0.1) is 0 Å². The minimum absolute atomic E-state index is 0. The Hall–Kier alpha value is -0.960. The fourth-order valence-electron chi connectivity index (χ4n) is 1.03. The molecule has 0 unspecified atom stereocenters. The van der Waals surface area contributed by atoms with Gasteiger partial charge < -0.3 is 0 Å². The summed E-state index contributed by atoms with van der Waals surface area (Å²) in [5, 5.41) is 0. The molecule has 0 amide bonds. The molecular weight excluding hydrogens is 241 g/mol. The Morgan fingerprint density at radius 3 is 1.46 bits per heavy atom. The number of hydrogen-bond acceptors (Lipinski definition) is 2. The number of aromatic nitrogens is 2. The molecule has 0 saturated heterocycles. The third kappa shape index (κ3) is 2.49. The van der Waals surface area contributed by atoms with E-state index >= 15 is 0 Å². The first-order valence-electron chi connectivity index (χ1n) is 3.79. The van der Waals surface area contributed by atoms with Crippen LogP contribution in [0.1, 0.15) is 0 Å². The SMILES string of the molecule is [Nb+5].c1ccc(-c2ccccn2)nc1. The van der Waals surface area contributed by atoms with Gasteiger partial charge in [0.1, 0.15) is 0 Å². The second kappa shape index (κ2) is 4.92.